The van der Waals surface area contributed by atoms with Crippen molar-refractivity contribution in [3.63, 3.8) is 0 Å². The SMILES string of the molecule is COc1cc(C2SCCS2)ccc1OCc1nc2cccnc2s1. The van der Waals surface area contributed by atoms with Crippen molar-refractivity contribution in [2.75, 3.05) is 18.6 Å². The summed E-state index contributed by atoms with van der Waals surface area (Å²) in [7, 11) is 1.68. The van der Waals surface area contributed by atoms with E-state index in [-0.39, 0.29) is 0 Å². The van der Waals surface area contributed by atoms with Gasteiger partial charge in [0.2, 0.25) is 0 Å². The standard InChI is InChI=1S/C17H16N2O2S3/c1-20-14-9-11(17-22-7-8-23-17)4-5-13(14)21-10-15-19-12-3-2-6-18-16(12)24-15/h2-6,9,17H,7-8,10H2,1H3. The summed E-state index contributed by atoms with van der Waals surface area (Å²) < 4.78 is 12.0. The highest BCUT2D eigenvalue weighted by Gasteiger charge is 2.20. The van der Waals surface area contributed by atoms with E-state index in [0.717, 1.165) is 26.9 Å². The van der Waals surface area contributed by atoms with Crippen molar-refractivity contribution in [2.24, 2.45) is 0 Å². The van der Waals surface area contributed by atoms with E-state index in [4.69, 9.17) is 9.47 Å². The Hall–Kier alpha value is -1.44. The predicted molar refractivity (Wildman–Crippen MR) is 102 cm³/mol. The first-order valence-corrected chi connectivity index (χ1v) is 10.5. The minimum absolute atomic E-state index is 0.420. The molecule has 3 heterocycles. The van der Waals surface area contributed by atoms with Gasteiger partial charge in [0.25, 0.3) is 0 Å². The van der Waals surface area contributed by atoms with Crippen LogP contribution in [-0.4, -0.2) is 28.6 Å². The smallest absolute Gasteiger partial charge is 0.161 e. The quantitative estimate of drug-likeness (QED) is 0.640. The lowest BCUT2D eigenvalue weighted by atomic mass is 10.2. The fourth-order valence-electron chi connectivity index (χ4n) is 2.52. The molecule has 0 saturated carbocycles. The number of hydrogen-bond donors (Lipinski definition) is 0. The molecule has 0 radical (unpaired) electrons. The van der Waals surface area contributed by atoms with Crippen LogP contribution in [0.2, 0.25) is 0 Å². The lowest BCUT2D eigenvalue weighted by molar-refractivity contribution is 0.284. The van der Waals surface area contributed by atoms with Crippen LogP contribution in [0.5, 0.6) is 11.5 Å². The van der Waals surface area contributed by atoms with E-state index in [9.17, 15) is 0 Å². The molecule has 1 aromatic carbocycles. The molecule has 1 saturated heterocycles. The van der Waals surface area contributed by atoms with E-state index in [1.807, 2.05) is 41.7 Å². The highest BCUT2D eigenvalue weighted by Crippen LogP contribution is 2.47. The zero-order valence-corrected chi connectivity index (χ0v) is 15.5. The van der Waals surface area contributed by atoms with E-state index in [2.05, 4.69) is 22.1 Å². The number of benzene rings is 1. The van der Waals surface area contributed by atoms with Crippen molar-refractivity contribution in [3.8, 4) is 11.5 Å². The topological polar surface area (TPSA) is 44.2 Å². The molecule has 0 bridgehead atoms. The minimum Gasteiger partial charge on any atom is -0.493 e. The molecule has 0 aliphatic carbocycles. The van der Waals surface area contributed by atoms with Crippen LogP contribution in [0.25, 0.3) is 10.3 Å². The third kappa shape index (κ3) is 3.34. The lowest BCUT2D eigenvalue weighted by Crippen LogP contribution is -1.98. The zero-order chi connectivity index (χ0) is 16.4. The van der Waals surface area contributed by atoms with Crippen molar-refractivity contribution in [3.05, 3.63) is 47.1 Å². The first-order chi connectivity index (χ1) is 11.8. The number of thiazole rings is 1. The zero-order valence-electron chi connectivity index (χ0n) is 13.1. The van der Waals surface area contributed by atoms with Crippen LogP contribution in [0.3, 0.4) is 0 Å². The number of fused-ring (bicyclic) bond motifs is 1. The maximum atomic E-state index is 5.94. The van der Waals surface area contributed by atoms with Gasteiger partial charge in [0, 0.05) is 17.7 Å². The number of methoxy groups -OCH3 is 1. The molecule has 2 aromatic heterocycles. The molecule has 24 heavy (non-hydrogen) atoms. The van der Waals surface area contributed by atoms with Gasteiger partial charge in [-0.1, -0.05) is 17.4 Å². The fourth-order valence-corrected chi connectivity index (χ4v) is 6.17. The Kier molecular flexibility index (Phi) is 4.82. The molecule has 0 N–H and O–H groups in total. The summed E-state index contributed by atoms with van der Waals surface area (Å²) in [5, 5.41) is 0.914. The van der Waals surface area contributed by atoms with Crippen LogP contribution in [0.15, 0.2) is 36.5 Å². The van der Waals surface area contributed by atoms with Gasteiger partial charge in [0.05, 0.1) is 11.7 Å². The van der Waals surface area contributed by atoms with Crippen LogP contribution in [0.1, 0.15) is 15.2 Å². The average Bonchev–Trinajstić information content (AvgIpc) is 3.29. The van der Waals surface area contributed by atoms with Gasteiger partial charge < -0.3 is 9.47 Å². The Morgan fingerprint density at radius 2 is 2.04 bits per heavy atom. The Balaban J connectivity index is 1.50. The molecule has 4 nitrogen and oxygen atoms in total. The first kappa shape index (κ1) is 16.1. The van der Waals surface area contributed by atoms with Crippen LogP contribution in [0, 0.1) is 0 Å². The molecule has 1 aliphatic rings. The van der Waals surface area contributed by atoms with E-state index < -0.39 is 0 Å². The van der Waals surface area contributed by atoms with Gasteiger partial charge in [-0.3, -0.25) is 0 Å². The van der Waals surface area contributed by atoms with Crippen LogP contribution in [-0.2, 0) is 6.61 Å². The summed E-state index contributed by atoms with van der Waals surface area (Å²) in [4.78, 5) is 9.80. The van der Waals surface area contributed by atoms with E-state index in [1.54, 1.807) is 24.6 Å². The molecule has 7 heteroatoms. The Morgan fingerprint density at radius 3 is 2.83 bits per heavy atom. The second-order valence-electron chi connectivity index (χ2n) is 5.21. The minimum atomic E-state index is 0.420. The maximum absolute atomic E-state index is 5.94. The van der Waals surface area contributed by atoms with Gasteiger partial charge in [-0.25, -0.2) is 9.97 Å². The average molecular weight is 377 g/mol. The third-order valence-corrected chi connectivity index (χ3v) is 7.70. The summed E-state index contributed by atoms with van der Waals surface area (Å²) >= 11 is 5.53. The number of nitrogens with zero attached hydrogens (tertiary/aromatic N) is 2. The van der Waals surface area contributed by atoms with Gasteiger partial charge in [-0.05, 0) is 29.8 Å². The van der Waals surface area contributed by atoms with Gasteiger partial charge in [-0.2, -0.15) is 0 Å². The van der Waals surface area contributed by atoms with Crippen molar-refractivity contribution < 1.29 is 9.47 Å². The Labute approximate surface area is 153 Å². The number of rotatable bonds is 5. The summed E-state index contributed by atoms with van der Waals surface area (Å²) in [6.45, 7) is 0.420. The predicted octanol–water partition coefficient (Wildman–Crippen LogP) is 4.76. The Morgan fingerprint density at radius 1 is 1.17 bits per heavy atom. The van der Waals surface area contributed by atoms with Gasteiger partial charge in [-0.15, -0.1) is 23.5 Å². The highest BCUT2D eigenvalue weighted by atomic mass is 32.2. The first-order valence-electron chi connectivity index (χ1n) is 7.58. The second kappa shape index (κ2) is 7.21. The van der Waals surface area contributed by atoms with E-state index >= 15 is 0 Å². The Bertz CT molecular complexity index is 814. The number of ether oxygens (including phenoxy) is 2. The highest BCUT2D eigenvalue weighted by molar-refractivity contribution is 8.19. The molecule has 0 atom stereocenters. The van der Waals surface area contributed by atoms with Crippen LogP contribution >= 0.6 is 34.9 Å². The monoisotopic (exact) mass is 376 g/mol. The summed E-state index contributed by atoms with van der Waals surface area (Å²) in [5.41, 5.74) is 2.20. The lowest BCUT2D eigenvalue weighted by Gasteiger charge is -2.14. The second-order valence-corrected chi connectivity index (χ2v) is 8.99. The van der Waals surface area contributed by atoms with Gasteiger partial charge in [0.1, 0.15) is 22.0 Å². The number of hydrogen-bond acceptors (Lipinski definition) is 7. The maximum Gasteiger partial charge on any atom is 0.161 e. The van der Waals surface area contributed by atoms with Gasteiger partial charge in [0.15, 0.2) is 11.5 Å². The van der Waals surface area contributed by atoms with E-state index in [0.29, 0.717) is 11.2 Å². The summed E-state index contributed by atoms with van der Waals surface area (Å²) in [5.74, 6) is 3.95. The normalized spacial score (nSPS) is 15.0. The van der Waals surface area contributed by atoms with E-state index in [1.165, 1.54) is 17.1 Å². The number of aromatic nitrogens is 2. The summed E-state index contributed by atoms with van der Waals surface area (Å²) in [6, 6.07) is 10.1. The van der Waals surface area contributed by atoms with Crippen molar-refractivity contribution in [1.82, 2.24) is 9.97 Å². The molecule has 124 valence electrons. The molecular formula is C17H16N2O2S3. The molecular weight excluding hydrogens is 360 g/mol. The molecule has 0 amide bonds. The number of thioether (sulfide) groups is 2. The molecule has 4 rings (SSSR count). The van der Waals surface area contributed by atoms with Crippen molar-refractivity contribution >= 4 is 45.2 Å². The fraction of sp³-hybridized carbons (Fsp3) is 0.294. The molecule has 0 spiro atoms. The summed E-state index contributed by atoms with van der Waals surface area (Å²) in [6.07, 6.45) is 1.78. The molecule has 1 aliphatic heterocycles. The van der Waals surface area contributed by atoms with Crippen molar-refractivity contribution in [2.45, 2.75) is 11.2 Å². The van der Waals surface area contributed by atoms with Gasteiger partial charge >= 0.3 is 0 Å². The largest absolute Gasteiger partial charge is 0.493 e. The van der Waals surface area contributed by atoms with Crippen LogP contribution in [0.4, 0.5) is 0 Å². The number of pyridine rings is 1. The molecule has 3 aromatic rings. The third-order valence-electron chi connectivity index (χ3n) is 3.64. The van der Waals surface area contributed by atoms with Crippen molar-refractivity contribution in [1.29, 1.82) is 0 Å². The molecule has 0 unspecified atom stereocenters. The molecule has 1 fully saturated rings. The van der Waals surface area contributed by atoms with Crippen LogP contribution < -0.4 is 9.47 Å².